The Morgan fingerprint density at radius 1 is 0.927 bits per heavy atom. The van der Waals surface area contributed by atoms with Crippen molar-refractivity contribution in [2.75, 3.05) is 17.4 Å². The highest BCUT2D eigenvalue weighted by Gasteiger charge is 2.34. The number of nitrogens with zero attached hydrogens (tertiary/aromatic N) is 2. The number of rotatable bonds is 12. The quantitative estimate of drug-likeness (QED) is 0.255. The second-order valence-corrected chi connectivity index (χ2v) is 13.2. The minimum atomic E-state index is -4.22. The van der Waals surface area contributed by atoms with E-state index in [4.69, 9.17) is 23.2 Å². The molecule has 0 aliphatic rings. The van der Waals surface area contributed by atoms with Crippen LogP contribution in [0.3, 0.4) is 0 Å². The Hall–Kier alpha value is -3.07. The summed E-state index contributed by atoms with van der Waals surface area (Å²) in [5.41, 5.74) is 2.84. The van der Waals surface area contributed by atoms with Gasteiger partial charge in [0.25, 0.3) is 10.0 Å². The third-order valence-corrected chi connectivity index (χ3v) is 8.92. The monoisotopic (exact) mass is 617 g/mol. The average molecular weight is 619 g/mol. The highest BCUT2D eigenvalue weighted by Crippen LogP contribution is 2.30. The molecule has 1 N–H and O–H groups in total. The first kappa shape index (κ1) is 32.4. The number of halogens is 2. The largest absolute Gasteiger partial charge is 0.354 e. The van der Waals surface area contributed by atoms with Gasteiger partial charge in [0.05, 0.1) is 10.6 Å². The van der Waals surface area contributed by atoms with Crippen LogP contribution in [-0.2, 0) is 26.2 Å². The molecular formula is C31H37Cl2N3O4S. The minimum absolute atomic E-state index is 0.0131. The number of benzene rings is 3. The molecule has 0 bridgehead atoms. The zero-order valence-corrected chi connectivity index (χ0v) is 26.4. The lowest BCUT2D eigenvalue weighted by Crippen LogP contribution is -2.52. The third kappa shape index (κ3) is 8.47. The van der Waals surface area contributed by atoms with Gasteiger partial charge in [0.15, 0.2) is 0 Å². The topological polar surface area (TPSA) is 86.8 Å². The molecule has 0 saturated heterocycles. The molecule has 0 heterocycles. The van der Waals surface area contributed by atoms with Crippen molar-refractivity contribution >= 4 is 50.7 Å². The molecule has 2 amide bonds. The van der Waals surface area contributed by atoms with Crippen molar-refractivity contribution in [3.63, 3.8) is 0 Å². The fraction of sp³-hybridized carbons (Fsp3) is 0.355. The molecule has 1 unspecified atom stereocenters. The van der Waals surface area contributed by atoms with Crippen molar-refractivity contribution in [2.45, 2.75) is 58.5 Å². The highest BCUT2D eigenvalue weighted by molar-refractivity contribution is 7.92. The second-order valence-electron chi connectivity index (χ2n) is 10.5. The van der Waals surface area contributed by atoms with E-state index in [9.17, 15) is 18.0 Å². The molecule has 0 saturated carbocycles. The molecule has 0 aliphatic carbocycles. The van der Waals surface area contributed by atoms with Gasteiger partial charge in [0, 0.05) is 23.1 Å². The SMILES string of the molecule is CCC(C(=O)NCC(C)C)N(Cc1ccccc1C)C(=O)CN(c1cc(Cl)cc(Cl)c1)S(=O)(=O)c1ccc(C)cc1. The van der Waals surface area contributed by atoms with Crippen LogP contribution in [0, 0.1) is 19.8 Å². The summed E-state index contributed by atoms with van der Waals surface area (Å²) in [7, 11) is -4.22. The summed E-state index contributed by atoms with van der Waals surface area (Å²) < 4.78 is 29.0. The maximum atomic E-state index is 14.2. The van der Waals surface area contributed by atoms with E-state index in [1.807, 2.05) is 58.9 Å². The van der Waals surface area contributed by atoms with Gasteiger partial charge in [0.2, 0.25) is 11.8 Å². The van der Waals surface area contributed by atoms with Crippen LogP contribution in [0.15, 0.2) is 71.6 Å². The standard InChI is InChI=1S/C31H37Cl2N3O4S/c1-6-29(31(38)34-18-21(2)3)35(19-24-10-8-7-9-23(24)5)30(37)20-36(27-16-25(32)15-26(33)17-27)41(39,40)28-13-11-22(4)12-14-28/h7-17,21,29H,6,18-20H2,1-5H3,(H,34,38). The number of aryl methyl sites for hydroxylation is 2. The zero-order valence-electron chi connectivity index (χ0n) is 24.0. The van der Waals surface area contributed by atoms with Crippen molar-refractivity contribution in [1.82, 2.24) is 10.2 Å². The number of amides is 2. The Bertz CT molecular complexity index is 1460. The van der Waals surface area contributed by atoms with Crippen molar-refractivity contribution in [1.29, 1.82) is 0 Å². The summed E-state index contributed by atoms with van der Waals surface area (Å²) >= 11 is 12.5. The summed E-state index contributed by atoms with van der Waals surface area (Å²) in [4.78, 5) is 29.0. The van der Waals surface area contributed by atoms with Crippen molar-refractivity contribution in [3.8, 4) is 0 Å². The summed E-state index contributed by atoms with van der Waals surface area (Å²) in [5.74, 6) is -0.604. The fourth-order valence-electron chi connectivity index (χ4n) is 4.36. The van der Waals surface area contributed by atoms with Crippen LogP contribution in [0.1, 0.15) is 43.9 Å². The van der Waals surface area contributed by atoms with Gasteiger partial charge in [-0.3, -0.25) is 13.9 Å². The van der Waals surface area contributed by atoms with Gasteiger partial charge < -0.3 is 10.2 Å². The molecule has 0 radical (unpaired) electrons. The normalized spacial score (nSPS) is 12.2. The zero-order chi connectivity index (χ0) is 30.3. The molecule has 0 aromatic heterocycles. The Morgan fingerprint density at radius 2 is 1.54 bits per heavy atom. The van der Waals surface area contributed by atoms with Crippen LogP contribution in [-0.4, -0.2) is 44.3 Å². The van der Waals surface area contributed by atoms with Gasteiger partial charge >= 0.3 is 0 Å². The van der Waals surface area contributed by atoms with Gasteiger partial charge in [-0.2, -0.15) is 0 Å². The first-order valence-corrected chi connectivity index (χ1v) is 15.7. The van der Waals surface area contributed by atoms with Crippen molar-refractivity contribution in [3.05, 3.63) is 93.5 Å². The lowest BCUT2D eigenvalue weighted by molar-refractivity contribution is -0.140. The fourth-order valence-corrected chi connectivity index (χ4v) is 6.27. The van der Waals surface area contributed by atoms with Gasteiger partial charge in [-0.15, -0.1) is 0 Å². The van der Waals surface area contributed by atoms with Crippen LogP contribution in [0.25, 0.3) is 0 Å². The molecule has 41 heavy (non-hydrogen) atoms. The lowest BCUT2D eigenvalue weighted by Gasteiger charge is -2.33. The Kier molecular flexibility index (Phi) is 11.2. The van der Waals surface area contributed by atoms with Gasteiger partial charge in [-0.25, -0.2) is 8.42 Å². The summed E-state index contributed by atoms with van der Waals surface area (Å²) in [5, 5.41) is 3.38. The molecule has 0 aliphatic heterocycles. The smallest absolute Gasteiger partial charge is 0.264 e. The minimum Gasteiger partial charge on any atom is -0.354 e. The van der Waals surface area contributed by atoms with Crippen LogP contribution in [0.5, 0.6) is 0 Å². The molecule has 3 aromatic rings. The predicted octanol–water partition coefficient (Wildman–Crippen LogP) is 6.39. The average Bonchev–Trinajstić information content (AvgIpc) is 2.90. The van der Waals surface area contributed by atoms with Crippen LogP contribution in [0.4, 0.5) is 5.69 Å². The maximum Gasteiger partial charge on any atom is 0.264 e. The number of carbonyl (C=O) groups is 2. The van der Waals surface area contributed by atoms with Crippen LogP contribution in [0.2, 0.25) is 10.0 Å². The number of nitrogens with one attached hydrogen (secondary N) is 1. The molecule has 10 heteroatoms. The van der Waals surface area contributed by atoms with Gasteiger partial charge in [-0.1, -0.05) is 85.9 Å². The first-order valence-electron chi connectivity index (χ1n) is 13.5. The Labute approximate surface area is 253 Å². The molecular weight excluding hydrogens is 581 g/mol. The first-order chi connectivity index (χ1) is 19.3. The van der Waals surface area contributed by atoms with Gasteiger partial charge in [-0.05, 0) is 67.6 Å². The predicted molar refractivity (Wildman–Crippen MR) is 166 cm³/mol. The molecule has 220 valence electrons. The summed E-state index contributed by atoms with van der Waals surface area (Å²) in [6.07, 6.45) is 0.343. The Balaban J connectivity index is 2.09. The number of sulfonamides is 1. The second kappa shape index (κ2) is 14.2. The van der Waals surface area contributed by atoms with E-state index in [0.717, 1.165) is 21.0 Å². The van der Waals surface area contributed by atoms with Gasteiger partial charge in [0.1, 0.15) is 12.6 Å². The summed E-state index contributed by atoms with van der Waals surface area (Å²) in [6.45, 7) is 9.61. The molecule has 0 fully saturated rings. The van der Waals surface area contributed by atoms with E-state index < -0.39 is 28.5 Å². The Morgan fingerprint density at radius 3 is 2.10 bits per heavy atom. The van der Waals surface area contributed by atoms with E-state index in [1.54, 1.807) is 12.1 Å². The molecule has 0 spiro atoms. The van der Waals surface area contributed by atoms with Crippen LogP contribution >= 0.6 is 23.2 Å². The maximum absolute atomic E-state index is 14.2. The summed E-state index contributed by atoms with van der Waals surface area (Å²) in [6, 6.07) is 17.5. The van der Waals surface area contributed by atoms with E-state index in [0.29, 0.717) is 13.0 Å². The van der Waals surface area contributed by atoms with E-state index in [-0.39, 0.29) is 39.0 Å². The number of anilines is 1. The number of carbonyl (C=O) groups excluding carboxylic acids is 2. The molecule has 7 nitrogen and oxygen atoms in total. The number of hydrogen-bond donors (Lipinski definition) is 1. The number of hydrogen-bond acceptors (Lipinski definition) is 4. The molecule has 1 atom stereocenters. The van der Waals surface area contributed by atoms with Crippen molar-refractivity contribution in [2.24, 2.45) is 5.92 Å². The van der Waals surface area contributed by atoms with E-state index in [1.165, 1.54) is 35.2 Å². The van der Waals surface area contributed by atoms with Crippen molar-refractivity contribution < 1.29 is 18.0 Å². The van der Waals surface area contributed by atoms with Crippen LogP contribution < -0.4 is 9.62 Å². The highest BCUT2D eigenvalue weighted by atomic mass is 35.5. The molecule has 3 rings (SSSR count). The lowest BCUT2D eigenvalue weighted by atomic mass is 10.1. The van der Waals surface area contributed by atoms with E-state index >= 15 is 0 Å². The van der Waals surface area contributed by atoms with E-state index in [2.05, 4.69) is 5.32 Å². The molecule has 3 aromatic carbocycles. The third-order valence-electron chi connectivity index (χ3n) is 6.70.